The lowest BCUT2D eigenvalue weighted by Crippen LogP contribution is -2.49. The first-order valence-corrected chi connectivity index (χ1v) is 6.61. The minimum atomic E-state index is -0.541. The van der Waals surface area contributed by atoms with Crippen molar-refractivity contribution >= 4 is 5.91 Å². The zero-order valence-corrected chi connectivity index (χ0v) is 11.0. The maximum atomic E-state index is 12.4. The van der Waals surface area contributed by atoms with Crippen LogP contribution >= 0.6 is 0 Å². The second-order valence-electron chi connectivity index (χ2n) is 4.96. The predicted molar refractivity (Wildman–Crippen MR) is 70.4 cm³/mol. The number of hydrogen-bond donors (Lipinski definition) is 1. The van der Waals surface area contributed by atoms with Gasteiger partial charge in [0.1, 0.15) is 6.61 Å². The zero-order chi connectivity index (χ0) is 13.2. The highest BCUT2D eigenvalue weighted by Crippen LogP contribution is 2.31. The molecule has 19 heavy (non-hydrogen) atoms. The largest absolute Gasteiger partial charge is 0.485 e. The molecule has 0 bridgehead atoms. The number of carbonyl (C=O) groups excluding carboxylic acids is 1. The summed E-state index contributed by atoms with van der Waals surface area (Å²) in [5.41, 5.74) is 0. The smallest absolute Gasteiger partial charge is 0.267 e. The van der Waals surface area contributed by atoms with Crippen LogP contribution in [0.4, 0.5) is 0 Å². The lowest BCUT2D eigenvalue weighted by atomic mass is 10.2. The lowest BCUT2D eigenvalue weighted by Gasteiger charge is -2.31. The summed E-state index contributed by atoms with van der Waals surface area (Å²) in [6, 6.07) is 7.70. The Morgan fingerprint density at radius 2 is 2.16 bits per heavy atom. The number of fused-ring (bicyclic) bond motifs is 1. The SMILES string of the molecule is CN(C(=O)C1COc2ccccc2O1)[C@H]1CCNC1. The highest BCUT2D eigenvalue weighted by Gasteiger charge is 2.33. The van der Waals surface area contributed by atoms with E-state index in [0.717, 1.165) is 19.5 Å². The van der Waals surface area contributed by atoms with Gasteiger partial charge in [0.2, 0.25) is 6.10 Å². The number of likely N-dealkylation sites (N-methyl/N-ethyl adjacent to an activating group) is 1. The van der Waals surface area contributed by atoms with E-state index in [-0.39, 0.29) is 18.6 Å². The van der Waals surface area contributed by atoms with Gasteiger partial charge in [0, 0.05) is 19.6 Å². The molecule has 2 aliphatic rings. The first-order chi connectivity index (χ1) is 9.25. The van der Waals surface area contributed by atoms with Crippen LogP contribution in [0.15, 0.2) is 24.3 Å². The molecule has 3 rings (SSSR count). The van der Waals surface area contributed by atoms with Crippen molar-refractivity contribution in [3.63, 3.8) is 0 Å². The molecule has 1 fully saturated rings. The van der Waals surface area contributed by atoms with E-state index in [0.29, 0.717) is 11.5 Å². The second-order valence-corrected chi connectivity index (χ2v) is 4.96. The molecule has 0 aromatic heterocycles. The molecule has 1 unspecified atom stereocenters. The van der Waals surface area contributed by atoms with E-state index in [1.807, 2.05) is 31.3 Å². The second kappa shape index (κ2) is 5.09. The van der Waals surface area contributed by atoms with Crippen molar-refractivity contribution in [2.24, 2.45) is 0 Å². The summed E-state index contributed by atoms with van der Waals surface area (Å²) in [4.78, 5) is 14.2. The third-order valence-corrected chi connectivity index (χ3v) is 3.71. The quantitative estimate of drug-likeness (QED) is 0.850. The first kappa shape index (κ1) is 12.3. The Kier molecular flexibility index (Phi) is 3.29. The third kappa shape index (κ3) is 2.38. The van der Waals surface area contributed by atoms with Gasteiger partial charge in [-0.25, -0.2) is 0 Å². The average molecular weight is 262 g/mol. The van der Waals surface area contributed by atoms with E-state index in [4.69, 9.17) is 9.47 Å². The highest BCUT2D eigenvalue weighted by molar-refractivity contribution is 5.82. The number of rotatable bonds is 2. The van der Waals surface area contributed by atoms with Gasteiger partial charge >= 0.3 is 0 Å². The molecular weight excluding hydrogens is 244 g/mol. The predicted octanol–water partition coefficient (Wildman–Crippen LogP) is 0.647. The molecular formula is C14H18N2O3. The van der Waals surface area contributed by atoms with Crippen LogP contribution < -0.4 is 14.8 Å². The number of nitrogens with zero attached hydrogens (tertiary/aromatic N) is 1. The Morgan fingerprint density at radius 1 is 1.37 bits per heavy atom. The molecule has 1 N–H and O–H groups in total. The molecule has 1 aromatic rings. The van der Waals surface area contributed by atoms with Crippen LogP contribution in [0.1, 0.15) is 6.42 Å². The van der Waals surface area contributed by atoms with Crippen LogP contribution in [0.25, 0.3) is 0 Å². The minimum absolute atomic E-state index is 0.0109. The molecule has 5 heteroatoms. The van der Waals surface area contributed by atoms with Gasteiger partial charge in [-0.15, -0.1) is 0 Å². The first-order valence-electron chi connectivity index (χ1n) is 6.61. The van der Waals surface area contributed by atoms with Crippen molar-refractivity contribution in [2.75, 3.05) is 26.7 Å². The van der Waals surface area contributed by atoms with E-state index in [1.54, 1.807) is 4.90 Å². The number of nitrogens with one attached hydrogen (secondary N) is 1. The van der Waals surface area contributed by atoms with E-state index in [2.05, 4.69) is 5.32 Å². The maximum Gasteiger partial charge on any atom is 0.267 e. The van der Waals surface area contributed by atoms with Crippen LogP contribution in [0.2, 0.25) is 0 Å². The van der Waals surface area contributed by atoms with Crippen molar-refractivity contribution < 1.29 is 14.3 Å². The van der Waals surface area contributed by atoms with Crippen LogP contribution in [0.3, 0.4) is 0 Å². The Hall–Kier alpha value is -1.75. The van der Waals surface area contributed by atoms with Crippen molar-refractivity contribution in [3.8, 4) is 11.5 Å². The van der Waals surface area contributed by atoms with Crippen LogP contribution in [-0.2, 0) is 4.79 Å². The van der Waals surface area contributed by atoms with Crippen LogP contribution in [-0.4, -0.2) is 49.7 Å². The van der Waals surface area contributed by atoms with E-state index < -0.39 is 6.10 Å². The number of benzene rings is 1. The molecule has 0 radical (unpaired) electrons. The summed E-state index contributed by atoms with van der Waals surface area (Å²) in [6.07, 6.45) is 0.451. The summed E-state index contributed by atoms with van der Waals surface area (Å²) in [5.74, 6) is 1.34. The van der Waals surface area contributed by atoms with Gasteiger partial charge in [-0.3, -0.25) is 4.79 Å². The van der Waals surface area contributed by atoms with Gasteiger partial charge in [0.05, 0.1) is 0 Å². The highest BCUT2D eigenvalue weighted by atomic mass is 16.6. The van der Waals surface area contributed by atoms with E-state index in [1.165, 1.54) is 0 Å². The van der Waals surface area contributed by atoms with Gasteiger partial charge in [-0.1, -0.05) is 12.1 Å². The molecule has 1 saturated heterocycles. The van der Waals surface area contributed by atoms with Gasteiger partial charge in [-0.05, 0) is 25.1 Å². The van der Waals surface area contributed by atoms with Crippen molar-refractivity contribution in [3.05, 3.63) is 24.3 Å². The van der Waals surface area contributed by atoms with Crippen molar-refractivity contribution in [2.45, 2.75) is 18.6 Å². The molecule has 0 saturated carbocycles. The standard InChI is InChI=1S/C14H18N2O3/c1-16(10-6-7-15-8-10)14(17)13-9-18-11-4-2-3-5-12(11)19-13/h2-5,10,13,15H,6-9H2,1H3/t10-,13?/m0/s1. The molecule has 1 amide bonds. The Bertz CT molecular complexity index is 472. The van der Waals surface area contributed by atoms with Crippen LogP contribution in [0, 0.1) is 0 Å². The molecule has 1 aromatic carbocycles. The maximum absolute atomic E-state index is 12.4. The fraction of sp³-hybridized carbons (Fsp3) is 0.500. The molecule has 0 aliphatic carbocycles. The molecule has 2 atom stereocenters. The summed E-state index contributed by atoms with van der Waals surface area (Å²) in [5, 5.41) is 3.26. The van der Waals surface area contributed by atoms with Crippen molar-refractivity contribution in [1.29, 1.82) is 0 Å². The molecule has 102 valence electrons. The van der Waals surface area contributed by atoms with Gasteiger partial charge in [-0.2, -0.15) is 0 Å². The number of amides is 1. The minimum Gasteiger partial charge on any atom is -0.485 e. The Morgan fingerprint density at radius 3 is 2.89 bits per heavy atom. The molecule has 2 heterocycles. The Labute approximate surface area is 112 Å². The Balaban J connectivity index is 1.68. The monoisotopic (exact) mass is 262 g/mol. The van der Waals surface area contributed by atoms with Gasteiger partial charge in [0.15, 0.2) is 11.5 Å². The van der Waals surface area contributed by atoms with Crippen molar-refractivity contribution in [1.82, 2.24) is 10.2 Å². The lowest BCUT2D eigenvalue weighted by molar-refractivity contribution is -0.141. The summed E-state index contributed by atoms with van der Waals surface area (Å²) in [7, 11) is 1.84. The van der Waals surface area contributed by atoms with Gasteiger partial charge in [0.25, 0.3) is 5.91 Å². The average Bonchev–Trinajstić information content (AvgIpc) is 2.99. The third-order valence-electron chi connectivity index (χ3n) is 3.71. The fourth-order valence-electron chi connectivity index (χ4n) is 2.52. The summed E-state index contributed by atoms with van der Waals surface area (Å²) in [6.45, 7) is 2.10. The number of ether oxygens (including phenoxy) is 2. The number of carbonyl (C=O) groups is 1. The zero-order valence-electron chi connectivity index (χ0n) is 11.0. The number of para-hydroxylation sites is 2. The normalized spacial score (nSPS) is 25.1. The fourth-order valence-corrected chi connectivity index (χ4v) is 2.52. The van der Waals surface area contributed by atoms with E-state index >= 15 is 0 Å². The topological polar surface area (TPSA) is 50.8 Å². The molecule has 5 nitrogen and oxygen atoms in total. The van der Waals surface area contributed by atoms with Gasteiger partial charge < -0.3 is 19.7 Å². The summed E-state index contributed by atoms with van der Waals surface area (Å²) >= 11 is 0. The summed E-state index contributed by atoms with van der Waals surface area (Å²) < 4.78 is 11.3. The van der Waals surface area contributed by atoms with E-state index in [9.17, 15) is 4.79 Å². The van der Waals surface area contributed by atoms with Crippen LogP contribution in [0.5, 0.6) is 11.5 Å². The molecule has 2 aliphatic heterocycles. The number of hydrogen-bond acceptors (Lipinski definition) is 4. The molecule has 0 spiro atoms.